The van der Waals surface area contributed by atoms with Gasteiger partial charge in [0.15, 0.2) is 0 Å². The quantitative estimate of drug-likeness (QED) is 0.411. The number of halogens is 1. The van der Waals surface area contributed by atoms with Crippen molar-refractivity contribution in [3.8, 4) is 10.6 Å². The summed E-state index contributed by atoms with van der Waals surface area (Å²) in [6.07, 6.45) is 0.622. The maximum atomic E-state index is 13.1. The second-order valence-corrected chi connectivity index (χ2v) is 8.13. The van der Waals surface area contributed by atoms with Crippen LogP contribution in [0.3, 0.4) is 0 Å². The fourth-order valence-corrected chi connectivity index (χ4v) is 3.97. The van der Waals surface area contributed by atoms with Gasteiger partial charge in [0.1, 0.15) is 16.9 Å². The van der Waals surface area contributed by atoms with Crippen LogP contribution in [0, 0.1) is 5.82 Å². The third-order valence-electron chi connectivity index (χ3n) is 4.43. The number of thiazole rings is 1. The molecule has 0 saturated heterocycles. The lowest BCUT2D eigenvalue weighted by molar-refractivity contribution is -0.145. The van der Waals surface area contributed by atoms with Crippen LogP contribution in [0.1, 0.15) is 11.3 Å². The number of hydrogen-bond donors (Lipinski definition) is 2. The van der Waals surface area contributed by atoms with Crippen molar-refractivity contribution in [2.24, 2.45) is 0 Å². The largest absolute Gasteiger partial charge is 0.467 e. The average Bonchev–Trinajstić information content (AvgIpc) is 3.22. The summed E-state index contributed by atoms with van der Waals surface area (Å²) in [6, 6.07) is 14.7. The number of methoxy groups -OCH3 is 1. The number of rotatable bonds is 8. The Kier molecular flexibility index (Phi) is 7.59. The molecule has 0 aliphatic heterocycles. The van der Waals surface area contributed by atoms with Gasteiger partial charge in [0.25, 0.3) is 0 Å². The van der Waals surface area contributed by atoms with Crippen molar-refractivity contribution < 1.29 is 18.7 Å². The van der Waals surface area contributed by atoms with Crippen LogP contribution in [0.25, 0.3) is 10.6 Å². The highest BCUT2D eigenvalue weighted by atomic mass is 32.1. The van der Waals surface area contributed by atoms with Crippen LogP contribution in [0.15, 0.2) is 60.0 Å². The van der Waals surface area contributed by atoms with E-state index in [9.17, 15) is 14.0 Å². The maximum absolute atomic E-state index is 13.1. The molecule has 0 radical (unpaired) electrons. The molecule has 1 N–H and O–H groups in total. The average molecular weight is 445 g/mol. The maximum Gasteiger partial charge on any atom is 0.328 e. The van der Waals surface area contributed by atoms with E-state index in [2.05, 4.69) is 22.9 Å². The van der Waals surface area contributed by atoms with Crippen LogP contribution < -0.4 is 5.32 Å². The van der Waals surface area contributed by atoms with Crippen molar-refractivity contribution in [2.45, 2.75) is 24.1 Å². The minimum absolute atomic E-state index is 0.297. The highest BCUT2D eigenvalue weighted by molar-refractivity contribution is 7.81. The number of nitrogens with one attached hydrogen (secondary N) is 1. The third kappa shape index (κ3) is 5.90. The molecule has 3 rings (SSSR count). The fourth-order valence-electron chi connectivity index (χ4n) is 2.87. The summed E-state index contributed by atoms with van der Waals surface area (Å²) in [5, 5.41) is 4.62. The van der Waals surface area contributed by atoms with E-state index in [1.165, 1.54) is 30.6 Å². The van der Waals surface area contributed by atoms with Gasteiger partial charge in [0.05, 0.1) is 18.1 Å². The second kappa shape index (κ2) is 10.4. The van der Waals surface area contributed by atoms with E-state index in [4.69, 9.17) is 4.74 Å². The lowest BCUT2D eigenvalue weighted by Crippen LogP contribution is -2.46. The smallest absolute Gasteiger partial charge is 0.328 e. The molecule has 30 heavy (non-hydrogen) atoms. The first kappa shape index (κ1) is 22.0. The van der Waals surface area contributed by atoms with Crippen LogP contribution in [0.2, 0.25) is 0 Å². The number of esters is 1. The van der Waals surface area contributed by atoms with E-state index in [0.717, 1.165) is 16.1 Å². The number of thiol groups is 1. The zero-order valence-electron chi connectivity index (χ0n) is 16.2. The van der Waals surface area contributed by atoms with Crippen LogP contribution in [0.4, 0.5) is 4.39 Å². The van der Waals surface area contributed by atoms with Gasteiger partial charge in [0.2, 0.25) is 5.91 Å². The minimum atomic E-state index is -0.801. The Morgan fingerprint density at radius 1 is 1.13 bits per heavy atom. The highest BCUT2D eigenvalue weighted by Crippen LogP contribution is 2.25. The van der Waals surface area contributed by atoms with Crippen LogP contribution in [-0.4, -0.2) is 35.3 Å². The summed E-state index contributed by atoms with van der Waals surface area (Å²) < 4.78 is 17.9. The van der Waals surface area contributed by atoms with E-state index < -0.39 is 17.3 Å². The van der Waals surface area contributed by atoms with Gasteiger partial charge in [0, 0.05) is 23.8 Å². The first-order chi connectivity index (χ1) is 14.5. The molecule has 8 heteroatoms. The number of ether oxygens (including phenoxy) is 1. The molecule has 2 atom stereocenters. The lowest BCUT2D eigenvalue weighted by atomic mass is 10.1. The molecule has 0 aliphatic carbocycles. The highest BCUT2D eigenvalue weighted by Gasteiger charge is 2.25. The number of hydrogen-bond acceptors (Lipinski definition) is 6. The van der Waals surface area contributed by atoms with E-state index in [1.54, 1.807) is 12.1 Å². The van der Waals surface area contributed by atoms with Crippen LogP contribution >= 0.6 is 24.0 Å². The van der Waals surface area contributed by atoms with Gasteiger partial charge < -0.3 is 10.1 Å². The molecule has 1 amide bonds. The van der Waals surface area contributed by atoms with Crippen molar-refractivity contribution >= 4 is 35.8 Å². The van der Waals surface area contributed by atoms with Gasteiger partial charge in [-0.2, -0.15) is 12.6 Å². The standard InChI is InChI=1S/C22H21FN2O3S2/c1-28-22(27)18(11-14-5-3-2-4-6-14)25-20(26)19(29)12-17-13-30-21(24-17)15-7-9-16(23)10-8-15/h2-10,13,18-19,29H,11-12H2,1H3,(H,25,26). The van der Waals surface area contributed by atoms with E-state index in [-0.39, 0.29) is 11.7 Å². The van der Waals surface area contributed by atoms with Crippen molar-refractivity contribution in [3.63, 3.8) is 0 Å². The molecule has 156 valence electrons. The Labute approximate surface area is 183 Å². The molecule has 1 aromatic heterocycles. The lowest BCUT2D eigenvalue weighted by Gasteiger charge is -2.18. The molecule has 5 nitrogen and oxygen atoms in total. The van der Waals surface area contributed by atoms with Crippen LogP contribution in [-0.2, 0) is 27.2 Å². The zero-order valence-corrected chi connectivity index (χ0v) is 18.0. The minimum Gasteiger partial charge on any atom is -0.467 e. The fraction of sp³-hybridized carbons (Fsp3) is 0.227. The summed E-state index contributed by atoms with van der Waals surface area (Å²) in [7, 11) is 1.29. The zero-order chi connectivity index (χ0) is 21.5. The van der Waals surface area contributed by atoms with E-state index in [0.29, 0.717) is 18.5 Å². The van der Waals surface area contributed by atoms with Crippen LogP contribution in [0.5, 0.6) is 0 Å². The monoisotopic (exact) mass is 444 g/mol. The number of amides is 1. The Hall–Kier alpha value is -2.71. The number of aromatic nitrogens is 1. The summed E-state index contributed by atoms with van der Waals surface area (Å²) in [5.41, 5.74) is 2.42. The van der Waals surface area contributed by atoms with E-state index in [1.807, 2.05) is 35.7 Å². The molecule has 2 aromatic carbocycles. The molecule has 0 bridgehead atoms. The molecular weight excluding hydrogens is 423 g/mol. The molecular formula is C22H21FN2O3S2. The van der Waals surface area contributed by atoms with Gasteiger partial charge in [-0.25, -0.2) is 14.2 Å². The Bertz CT molecular complexity index is 993. The first-order valence-electron chi connectivity index (χ1n) is 9.27. The molecule has 2 unspecified atom stereocenters. The first-order valence-corrected chi connectivity index (χ1v) is 10.7. The van der Waals surface area contributed by atoms with E-state index >= 15 is 0 Å². The molecule has 0 aliphatic rings. The second-order valence-electron chi connectivity index (χ2n) is 6.64. The summed E-state index contributed by atoms with van der Waals surface area (Å²) in [6.45, 7) is 0. The van der Waals surface area contributed by atoms with Gasteiger partial charge >= 0.3 is 5.97 Å². The Balaban J connectivity index is 1.62. The Morgan fingerprint density at radius 3 is 2.50 bits per heavy atom. The molecule has 0 fully saturated rings. The normalized spacial score (nSPS) is 12.8. The van der Waals surface area contributed by atoms with Crippen molar-refractivity contribution in [1.82, 2.24) is 10.3 Å². The number of benzene rings is 2. The predicted octanol–water partition coefficient (Wildman–Crippen LogP) is 3.69. The summed E-state index contributed by atoms with van der Waals surface area (Å²) in [5.74, 6) is -1.20. The van der Waals surface area contributed by atoms with Gasteiger partial charge in [-0.05, 0) is 29.8 Å². The molecule has 0 spiro atoms. The van der Waals surface area contributed by atoms with Crippen molar-refractivity contribution in [2.75, 3.05) is 7.11 Å². The van der Waals surface area contributed by atoms with Gasteiger partial charge in [-0.1, -0.05) is 30.3 Å². The van der Waals surface area contributed by atoms with Gasteiger partial charge in [-0.3, -0.25) is 4.79 Å². The molecule has 0 saturated carbocycles. The predicted molar refractivity (Wildman–Crippen MR) is 118 cm³/mol. The summed E-state index contributed by atoms with van der Waals surface area (Å²) >= 11 is 5.81. The summed E-state index contributed by atoms with van der Waals surface area (Å²) in [4.78, 5) is 29.2. The molecule has 1 heterocycles. The van der Waals surface area contributed by atoms with Gasteiger partial charge in [-0.15, -0.1) is 11.3 Å². The third-order valence-corrected chi connectivity index (χ3v) is 5.79. The van der Waals surface area contributed by atoms with Crippen molar-refractivity contribution in [1.29, 1.82) is 0 Å². The SMILES string of the molecule is COC(=O)C(Cc1ccccc1)NC(=O)C(S)Cc1csc(-c2ccc(F)cc2)n1. The van der Waals surface area contributed by atoms with Crippen molar-refractivity contribution in [3.05, 3.63) is 77.1 Å². The number of nitrogens with zero attached hydrogens (tertiary/aromatic N) is 1. The Morgan fingerprint density at radius 2 is 1.83 bits per heavy atom. The number of carbonyl (C=O) groups excluding carboxylic acids is 2. The molecule has 3 aromatic rings. The topological polar surface area (TPSA) is 68.3 Å². The number of carbonyl (C=O) groups is 2.